The van der Waals surface area contributed by atoms with Crippen molar-refractivity contribution in [1.82, 2.24) is 10.3 Å². The van der Waals surface area contributed by atoms with Gasteiger partial charge in [-0.05, 0) is 79.6 Å². The Morgan fingerprint density at radius 2 is 1.93 bits per heavy atom. The molecule has 6 nitrogen and oxygen atoms in total. The van der Waals surface area contributed by atoms with E-state index in [9.17, 15) is 9.59 Å². The Morgan fingerprint density at radius 3 is 2.71 bits per heavy atom. The number of aliphatic carboxylic acids is 1. The Bertz CT molecular complexity index is 1100. The highest BCUT2D eigenvalue weighted by Crippen LogP contribution is 2.39. The molecule has 0 bridgehead atoms. The monoisotopic (exact) mass is 378 g/mol. The second-order valence-electron chi connectivity index (χ2n) is 7.24. The van der Waals surface area contributed by atoms with Crippen LogP contribution in [0.4, 0.5) is 0 Å². The van der Waals surface area contributed by atoms with Gasteiger partial charge in [0.05, 0.1) is 0 Å². The van der Waals surface area contributed by atoms with Gasteiger partial charge in [-0.2, -0.15) is 0 Å². The van der Waals surface area contributed by atoms with Gasteiger partial charge in [-0.3, -0.25) is 9.59 Å². The Morgan fingerprint density at radius 1 is 1.14 bits per heavy atom. The molecule has 0 unspecified atom stereocenters. The number of benzene rings is 2. The molecule has 0 spiro atoms. The van der Waals surface area contributed by atoms with E-state index in [0.29, 0.717) is 5.56 Å². The second-order valence-corrected chi connectivity index (χ2v) is 7.24. The first kappa shape index (κ1) is 18.1. The number of rotatable bonds is 5. The predicted molar refractivity (Wildman–Crippen MR) is 106 cm³/mol. The van der Waals surface area contributed by atoms with Crippen LogP contribution < -0.4 is 10.1 Å². The van der Waals surface area contributed by atoms with Crippen molar-refractivity contribution in [2.75, 3.05) is 6.54 Å². The summed E-state index contributed by atoms with van der Waals surface area (Å²) >= 11 is 0. The SMILES string of the molecule is Cc1cc(C(=O)NCC(=O)O)c2c(c1Oc1ccc3[nH]cc(C)c3c1)CCC2. The van der Waals surface area contributed by atoms with Gasteiger partial charge in [0, 0.05) is 22.7 Å². The third-order valence-electron chi connectivity index (χ3n) is 5.26. The minimum atomic E-state index is -1.06. The maximum Gasteiger partial charge on any atom is 0.322 e. The van der Waals surface area contributed by atoms with Crippen molar-refractivity contribution < 1.29 is 19.4 Å². The van der Waals surface area contributed by atoms with Crippen LogP contribution in [0, 0.1) is 13.8 Å². The number of aromatic amines is 1. The predicted octanol–water partition coefficient (Wildman–Crippen LogP) is 3.88. The van der Waals surface area contributed by atoms with Crippen LogP contribution in [-0.2, 0) is 17.6 Å². The van der Waals surface area contributed by atoms with Crippen molar-refractivity contribution in [1.29, 1.82) is 0 Å². The highest BCUT2D eigenvalue weighted by molar-refractivity contribution is 5.98. The zero-order valence-corrected chi connectivity index (χ0v) is 15.9. The minimum absolute atomic E-state index is 0.348. The molecule has 1 aliphatic rings. The topological polar surface area (TPSA) is 91.4 Å². The fourth-order valence-electron chi connectivity index (χ4n) is 3.92. The van der Waals surface area contributed by atoms with Gasteiger partial charge in [0.2, 0.25) is 0 Å². The zero-order valence-electron chi connectivity index (χ0n) is 15.9. The van der Waals surface area contributed by atoms with Crippen molar-refractivity contribution in [3.8, 4) is 11.5 Å². The van der Waals surface area contributed by atoms with Crippen LogP contribution in [0.1, 0.15) is 39.0 Å². The van der Waals surface area contributed by atoms with Gasteiger partial charge in [-0.1, -0.05) is 0 Å². The summed E-state index contributed by atoms with van der Waals surface area (Å²) in [6, 6.07) is 7.76. The van der Waals surface area contributed by atoms with Gasteiger partial charge in [-0.25, -0.2) is 0 Å². The van der Waals surface area contributed by atoms with Crippen molar-refractivity contribution in [3.05, 3.63) is 58.3 Å². The number of amides is 1. The van der Waals surface area contributed by atoms with Gasteiger partial charge in [-0.15, -0.1) is 0 Å². The number of fused-ring (bicyclic) bond motifs is 2. The Balaban J connectivity index is 1.69. The van der Waals surface area contributed by atoms with E-state index in [0.717, 1.165) is 63.9 Å². The van der Waals surface area contributed by atoms with Crippen molar-refractivity contribution in [2.24, 2.45) is 0 Å². The fraction of sp³-hybridized carbons (Fsp3) is 0.273. The molecule has 4 rings (SSSR count). The van der Waals surface area contributed by atoms with E-state index in [4.69, 9.17) is 9.84 Å². The number of hydrogen-bond acceptors (Lipinski definition) is 3. The maximum atomic E-state index is 12.5. The highest BCUT2D eigenvalue weighted by atomic mass is 16.5. The lowest BCUT2D eigenvalue weighted by atomic mass is 9.98. The number of carboxylic acids is 1. The molecule has 0 atom stereocenters. The van der Waals surface area contributed by atoms with Crippen LogP contribution >= 0.6 is 0 Å². The Hall–Kier alpha value is -3.28. The number of carbonyl (C=O) groups excluding carboxylic acids is 1. The molecule has 3 N–H and O–H groups in total. The fourth-order valence-corrected chi connectivity index (χ4v) is 3.92. The average Bonchev–Trinajstić information content (AvgIpc) is 3.29. The van der Waals surface area contributed by atoms with Crippen LogP contribution in [0.5, 0.6) is 11.5 Å². The summed E-state index contributed by atoms with van der Waals surface area (Å²) in [4.78, 5) is 26.4. The number of aryl methyl sites for hydroxylation is 2. The minimum Gasteiger partial charge on any atom is -0.480 e. The molecular formula is C22H22N2O4. The summed E-state index contributed by atoms with van der Waals surface area (Å²) < 4.78 is 6.28. The van der Waals surface area contributed by atoms with Crippen LogP contribution in [-0.4, -0.2) is 28.5 Å². The van der Waals surface area contributed by atoms with Gasteiger partial charge >= 0.3 is 5.97 Å². The van der Waals surface area contributed by atoms with Crippen LogP contribution in [0.15, 0.2) is 30.5 Å². The molecule has 0 aliphatic heterocycles. The molecule has 28 heavy (non-hydrogen) atoms. The molecule has 2 aromatic carbocycles. The number of ether oxygens (including phenoxy) is 1. The summed E-state index contributed by atoms with van der Waals surface area (Å²) in [6.07, 6.45) is 4.56. The third-order valence-corrected chi connectivity index (χ3v) is 5.26. The molecule has 0 saturated carbocycles. The van der Waals surface area contributed by atoms with E-state index in [1.165, 1.54) is 0 Å². The maximum absolute atomic E-state index is 12.5. The van der Waals surface area contributed by atoms with E-state index < -0.39 is 5.97 Å². The van der Waals surface area contributed by atoms with Gasteiger partial charge < -0.3 is 20.1 Å². The number of hydrogen-bond donors (Lipinski definition) is 3. The summed E-state index contributed by atoms with van der Waals surface area (Å²) in [5.41, 5.74) is 5.65. The van der Waals surface area contributed by atoms with E-state index in [-0.39, 0.29) is 12.5 Å². The quantitative estimate of drug-likeness (QED) is 0.628. The number of H-pyrrole nitrogens is 1. The number of carboxylic acid groups (broad SMARTS) is 1. The molecule has 1 aromatic heterocycles. The van der Waals surface area contributed by atoms with Crippen molar-refractivity contribution >= 4 is 22.8 Å². The lowest BCUT2D eigenvalue weighted by molar-refractivity contribution is -0.135. The molecule has 0 saturated heterocycles. The van der Waals surface area contributed by atoms with Crippen LogP contribution in [0.3, 0.4) is 0 Å². The summed E-state index contributed by atoms with van der Waals surface area (Å²) in [5.74, 6) is 0.155. The van der Waals surface area contributed by atoms with Crippen LogP contribution in [0.2, 0.25) is 0 Å². The largest absolute Gasteiger partial charge is 0.480 e. The molecule has 144 valence electrons. The van der Waals surface area contributed by atoms with E-state index in [2.05, 4.69) is 17.2 Å². The lowest BCUT2D eigenvalue weighted by Gasteiger charge is -2.17. The zero-order chi connectivity index (χ0) is 19.8. The van der Waals surface area contributed by atoms with E-state index in [1.54, 1.807) is 6.07 Å². The molecule has 3 aromatic rings. The number of nitrogens with one attached hydrogen (secondary N) is 2. The van der Waals surface area contributed by atoms with Crippen LogP contribution in [0.25, 0.3) is 10.9 Å². The first-order chi connectivity index (χ1) is 13.4. The van der Waals surface area contributed by atoms with E-state index in [1.807, 2.05) is 31.3 Å². The molecule has 0 radical (unpaired) electrons. The molecule has 1 aliphatic carbocycles. The second kappa shape index (κ2) is 7.03. The Kier molecular flexibility index (Phi) is 4.55. The summed E-state index contributed by atoms with van der Waals surface area (Å²) in [6.45, 7) is 3.58. The van der Waals surface area contributed by atoms with Gasteiger partial charge in [0.1, 0.15) is 18.0 Å². The molecule has 1 heterocycles. The number of aromatic nitrogens is 1. The Labute approximate surface area is 162 Å². The third kappa shape index (κ3) is 3.22. The summed E-state index contributed by atoms with van der Waals surface area (Å²) in [7, 11) is 0. The molecular weight excluding hydrogens is 356 g/mol. The standard InChI is InChI=1S/C22H22N2O4/c1-12-8-18(22(27)24-11-20(25)26)15-4-3-5-16(15)21(12)28-14-6-7-19-17(9-14)13(2)10-23-19/h6-10,23H,3-5,11H2,1-2H3,(H,24,27)(H,25,26). The smallest absolute Gasteiger partial charge is 0.322 e. The molecule has 0 fully saturated rings. The van der Waals surface area contributed by atoms with Gasteiger partial charge in [0.25, 0.3) is 5.91 Å². The van der Waals surface area contributed by atoms with Crippen molar-refractivity contribution in [2.45, 2.75) is 33.1 Å². The molecule has 1 amide bonds. The van der Waals surface area contributed by atoms with Gasteiger partial charge in [0.15, 0.2) is 0 Å². The normalized spacial score (nSPS) is 12.8. The lowest BCUT2D eigenvalue weighted by Crippen LogP contribution is -2.30. The molecule has 6 heteroatoms. The average molecular weight is 378 g/mol. The number of carbonyl (C=O) groups is 2. The first-order valence-electron chi connectivity index (χ1n) is 9.35. The first-order valence-corrected chi connectivity index (χ1v) is 9.35. The highest BCUT2D eigenvalue weighted by Gasteiger charge is 2.25. The van der Waals surface area contributed by atoms with E-state index >= 15 is 0 Å². The summed E-state index contributed by atoms with van der Waals surface area (Å²) in [5, 5.41) is 12.4. The van der Waals surface area contributed by atoms with Crippen molar-refractivity contribution in [3.63, 3.8) is 0 Å².